The molecule has 0 saturated carbocycles. The number of carbonyl (C=O) groups is 2. The van der Waals surface area contributed by atoms with Crippen molar-refractivity contribution in [2.75, 3.05) is 46.9 Å². The number of nitrogens with zero attached hydrogens (tertiary/aromatic N) is 2. The molecule has 2 heterocycles. The molecule has 0 bridgehead atoms. The first-order valence-corrected chi connectivity index (χ1v) is 10.4. The number of hydrogen-bond donors (Lipinski definition) is 1. The Kier molecular flexibility index (Phi) is 6.94. The molecule has 2 aliphatic rings. The van der Waals surface area contributed by atoms with Crippen LogP contribution in [-0.4, -0.2) is 68.5 Å². The average Bonchev–Trinajstić information content (AvgIpc) is 2.68. The van der Waals surface area contributed by atoms with Gasteiger partial charge in [0.1, 0.15) is 5.75 Å². The number of para-hydroxylation sites is 1. The van der Waals surface area contributed by atoms with Gasteiger partial charge in [-0.15, -0.1) is 0 Å². The van der Waals surface area contributed by atoms with E-state index in [1.54, 1.807) is 0 Å². The summed E-state index contributed by atoms with van der Waals surface area (Å²) in [5, 5.41) is 3.16. The summed E-state index contributed by atoms with van der Waals surface area (Å²) in [6.07, 6.45) is 6.24. The summed E-state index contributed by atoms with van der Waals surface area (Å²) in [5.74, 6) is 0.795. The highest BCUT2D eigenvalue weighted by atomic mass is 16.5. The van der Waals surface area contributed by atoms with Gasteiger partial charge in [-0.05, 0) is 57.3 Å². The molecule has 6 nitrogen and oxygen atoms in total. The smallest absolute Gasteiger partial charge is 0.255 e. The fourth-order valence-electron chi connectivity index (χ4n) is 4.22. The zero-order valence-electron chi connectivity index (χ0n) is 17.2. The van der Waals surface area contributed by atoms with Crippen LogP contribution in [0.2, 0.25) is 0 Å². The zero-order chi connectivity index (χ0) is 20.0. The van der Waals surface area contributed by atoms with Gasteiger partial charge in [0, 0.05) is 19.6 Å². The van der Waals surface area contributed by atoms with Gasteiger partial charge in [0.25, 0.3) is 5.91 Å². The van der Waals surface area contributed by atoms with Crippen LogP contribution in [0.15, 0.2) is 24.3 Å². The third-order valence-electron chi connectivity index (χ3n) is 5.99. The third kappa shape index (κ3) is 5.25. The monoisotopic (exact) mass is 387 g/mol. The molecule has 0 atom stereocenters. The average molecular weight is 388 g/mol. The van der Waals surface area contributed by atoms with Crippen molar-refractivity contribution in [3.63, 3.8) is 0 Å². The minimum atomic E-state index is -0.0679. The molecule has 28 heavy (non-hydrogen) atoms. The first kappa shape index (κ1) is 20.6. The Labute approximate surface area is 168 Å². The van der Waals surface area contributed by atoms with Crippen LogP contribution in [0.3, 0.4) is 0 Å². The first-order chi connectivity index (χ1) is 13.5. The summed E-state index contributed by atoms with van der Waals surface area (Å²) in [6.45, 7) is 3.32. The fourth-order valence-corrected chi connectivity index (χ4v) is 4.22. The van der Waals surface area contributed by atoms with Gasteiger partial charge in [0.15, 0.2) is 0 Å². The lowest BCUT2D eigenvalue weighted by molar-refractivity contribution is -0.134. The van der Waals surface area contributed by atoms with E-state index in [4.69, 9.17) is 4.74 Å². The topological polar surface area (TPSA) is 61.9 Å². The van der Waals surface area contributed by atoms with Gasteiger partial charge >= 0.3 is 0 Å². The summed E-state index contributed by atoms with van der Waals surface area (Å²) in [5.41, 5.74) is 0.691. The SMILES string of the molecule is CN(C)CC(=O)N1CCC2(CCCCCOc3ccccc3C(=O)NC2)CC1. The van der Waals surface area contributed by atoms with Gasteiger partial charge in [-0.1, -0.05) is 25.0 Å². The van der Waals surface area contributed by atoms with Gasteiger partial charge < -0.3 is 19.9 Å². The van der Waals surface area contributed by atoms with Crippen molar-refractivity contribution in [3.05, 3.63) is 29.8 Å². The van der Waals surface area contributed by atoms with Crippen molar-refractivity contribution in [1.29, 1.82) is 0 Å². The minimum Gasteiger partial charge on any atom is -0.493 e. The van der Waals surface area contributed by atoms with E-state index in [-0.39, 0.29) is 17.2 Å². The second-order valence-corrected chi connectivity index (χ2v) is 8.46. The van der Waals surface area contributed by atoms with Crippen LogP contribution in [0, 0.1) is 5.41 Å². The largest absolute Gasteiger partial charge is 0.493 e. The third-order valence-corrected chi connectivity index (χ3v) is 5.99. The molecule has 1 N–H and O–H groups in total. The lowest BCUT2D eigenvalue weighted by Gasteiger charge is -2.42. The number of rotatable bonds is 2. The number of benzene rings is 1. The molecule has 1 saturated heterocycles. The first-order valence-electron chi connectivity index (χ1n) is 10.4. The van der Waals surface area contributed by atoms with Crippen molar-refractivity contribution >= 4 is 11.8 Å². The molecule has 0 aromatic heterocycles. The van der Waals surface area contributed by atoms with Gasteiger partial charge in [0.2, 0.25) is 5.91 Å². The summed E-state index contributed by atoms with van der Waals surface area (Å²) < 4.78 is 5.83. The number of ether oxygens (including phenoxy) is 1. The maximum absolute atomic E-state index is 12.8. The maximum atomic E-state index is 12.8. The number of amides is 2. The van der Waals surface area contributed by atoms with Crippen LogP contribution in [-0.2, 0) is 4.79 Å². The lowest BCUT2D eigenvalue weighted by atomic mass is 9.74. The molecule has 6 heteroatoms. The molecule has 0 aliphatic carbocycles. The van der Waals surface area contributed by atoms with Gasteiger partial charge in [0.05, 0.1) is 18.7 Å². The van der Waals surface area contributed by atoms with Crippen LogP contribution in [0.5, 0.6) is 5.75 Å². The Morgan fingerprint density at radius 1 is 1.14 bits per heavy atom. The number of hydrogen-bond acceptors (Lipinski definition) is 4. The standard InChI is InChI=1S/C22H33N3O3/c1-24(2)16-20(26)25-13-11-22(12-14-25)10-6-3-7-15-28-19-9-5-4-8-18(19)21(27)23-17-22/h4-5,8-9H,3,6-7,10-17H2,1-2H3,(H,23,27). The van der Waals surface area contributed by atoms with E-state index in [9.17, 15) is 9.59 Å². The molecule has 1 aromatic carbocycles. The van der Waals surface area contributed by atoms with E-state index in [0.717, 1.165) is 51.6 Å². The highest BCUT2D eigenvalue weighted by Gasteiger charge is 2.36. The van der Waals surface area contributed by atoms with Crippen molar-refractivity contribution in [3.8, 4) is 5.75 Å². The van der Waals surface area contributed by atoms with Gasteiger partial charge in [-0.25, -0.2) is 0 Å². The Morgan fingerprint density at radius 3 is 2.64 bits per heavy atom. The van der Waals surface area contributed by atoms with Crippen LogP contribution in [0.4, 0.5) is 0 Å². The van der Waals surface area contributed by atoms with E-state index >= 15 is 0 Å². The van der Waals surface area contributed by atoms with Crippen molar-refractivity contribution < 1.29 is 14.3 Å². The van der Waals surface area contributed by atoms with Crippen LogP contribution >= 0.6 is 0 Å². The highest BCUT2D eigenvalue weighted by Crippen LogP contribution is 2.37. The number of likely N-dealkylation sites (N-methyl/N-ethyl adjacent to an activating group) is 1. The van der Waals surface area contributed by atoms with E-state index < -0.39 is 0 Å². The van der Waals surface area contributed by atoms with E-state index in [1.165, 1.54) is 0 Å². The molecule has 3 rings (SSSR count). The van der Waals surface area contributed by atoms with E-state index in [1.807, 2.05) is 48.2 Å². The molecule has 1 spiro atoms. The molecular weight excluding hydrogens is 354 g/mol. The second-order valence-electron chi connectivity index (χ2n) is 8.46. The molecule has 154 valence electrons. The minimum absolute atomic E-state index is 0.0679. The van der Waals surface area contributed by atoms with Crippen LogP contribution < -0.4 is 10.1 Å². The second kappa shape index (κ2) is 9.41. The fraction of sp³-hybridized carbons (Fsp3) is 0.636. The van der Waals surface area contributed by atoms with Crippen molar-refractivity contribution in [2.45, 2.75) is 38.5 Å². The van der Waals surface area contributed by atoms with Crippen LogP contribution in [0.1, 0.15) is 48.9 Å². The zero-order valence-corrected chi connectivity index (χ0v) is 17.2. The molecule has 2 amide bonds. The summed E-state index contributed by atoms with van der Waals surface area (Å²) in [6, 6.07) is 7.47. The predicted molar refractivity (Wildman–Crippen MR) is 110 cm³/mol. The number of fused-ring (bicyclic) bond motifs is 1. The quantitative estimate of drug-likeness (QED) is 0.847. The molecule has 0 radical (unpaired) electrons. The normalized spacial score (nSPS) is 20.5. The molecule has 2 aliphatic heterocycles. The van der Waals surface area contributed by atoms with E-state index in [0.29, 0.717) is 31.0 Å². The highest BCUT2D eigenvalue weighted by molar-refractivity contribution is 5.96. The maximum Gasteiger partial charge on any atom is 0.255 e. The van der Waals surface area contributed by atoms with Gasteiger partial charge in [-0.3, -0.25) is 9.59 Å². The lowest BCUT2D eigenvalue weighted by Crippen LogP contribution is -2.49. The number of carbonyl (C=O) groups excluding carboxylic acids is 2. The molecule has 0 unspecified atom stereocenters. The number of nitrogens with one attached hydrogen (secondary N) is 1. The summed E-state index contributed by atoms with van der Waals surface area (Å²) in [7, 11) is 3.85. The van der Waals surface area contributed by atoms with Gasteiger partial charge in [-0.2, -0.15) is 0 Å². The Balaban J connectivity index is 1.67. The molecule has 1 fully saturated rings. The predicted octanol–water partition coefficient (Wildman–Crippen LogP) is 2.54. The van der Waals surface area contributed by atoms with E-state index in [2.05, 4.69) is 5.32 Å². The molecular formula is C22H33N3O3. The Bertz CT molecular complexity index is 681. The molecule has 1 aromatic rings. The van der Waals surface area contributed by atoms with Crippen molar-refractivity contribution in [2.24, 2.45) is 5.41 Å². The Morgan fingerprint density at radius 2 is 1.89 bits per heavy atom. The van der Waals surface area contributed by atoms with Crippen molar-refractivity contribution in [1.82, 2.24) is 15.1 Å². The number of piperidine rings is 1. The number of likely N-dealkylation sites (tertiary alicyclic amines) is 1. The van der Waals surface area contributed by atoms with Crippen LogP contribution in [0.25, 0.3) is 0 Å². The Hall–Kier alpha value is -2.08. The summed E-state index contributed by atoms with van der Waals surface area (Å²) in [4.78, 5) is 29.1. The summed E-state index contributed by atoms with van der Waals surface area (Å²) >= 11 is 0.